The zero-order valence-electron chi connectivity index (χ0n) is 14.4. The lowest BCUT2D eigenvalue weighted by molar-refractivity contribution is 0.184. The van der Waals surface area contributed by atoms with E-state index in [9.17, 15) is 0 Å². The van der Waals surface area contributed by atoms with E-state index in [0.29, 0.717) is 6.61 Å². The molecule has 0 saturated heterocycles. The van der Waals surface area contributed by atoms with Gasteiger partial charge in [0.25, 0.3) is 0 Å². The molecular formula is C24H22O. The molecule has 0 aliphatic carbocycles. The Hall–Kier alpha value is -2.90. The Kier molecular flexibility index (Phi) is 5.97. The Labute approximate surface area is 149 Å². The second-order valence-electron chi connectivity index (χ2n) is 5.88. The van der Waals surface area contributed by atoms with Crippen molar-refractivity contribution < 1.29 is 4.74 Å². The summed E-state index contributed by atoms with van der Waals surface area (Å²) < 4.78 is 5.34. The lowest BCUT2D eigenvalue weighted by atomic mass is 10.0. The minimum Gasteiger partial charge on any atom is -0.380 e. The van der Waals surface area contributed by atoms with Gasteiger partial charge in [0.2, 0.25) is 0 Å². The van der Waals surface area contributed by atoms with E-state index in [-0.39, 0.29) is 0 Å². The van der Waals surface area contributed by atoms with E-state index in [4.69, 9.17) is 4.74 Å². The highest BCUT2D eigenvalue weighted by Gasteiger charge is 2.01. The molecular weight excluding hydrogens is 304 g/mol. The average molecular weight is 326 g/mol. The van der Waals surface area contributed by atoms with Crippen LogP contribution in [0.5, 0.6) is 0 Å². The van der Waals surface area contributed by atoms with E-state index in [2.05, 4.69) is 91.0 Å². The summed E-state index contributed by atoms with van der Waals surface area (Å²) in [5.41, 5.74) is 5.94. The first-order valence-corrected chi connectivity index (χ1v) is 8.43. The van der Waals surface area contributed by atoms with Crippen molar-refractivity contribution in [3.63, 3.8) is 0 Å². The predicted octanol–water partition coefficient (Wildman–Crippen LogP) is 6.17. The SMILES string of the molecule is COCc1ccc(C=Cc2ccccc2)cc1C=Cc1ccccc1. The van der Waals surface area contributed by atoms with Gasteiger partial charge in [0.15, 0.2) is 0 Å². The number of hydrogen-bond donors (Lipinski definition) is 0. The Bertz CT molecular complexity index is 846. The Morgan fingerprint density at radius 1 is 0.640 bits per heavy atom. The van der Waals surface area contributed by atoms with Crippen molar-refractivity contribution in [2.75, 3.05) is 7.11 Å². The molecule has 3 rings (SSSR count). The van der Waals surface area contributed by atoms with Gasteiger partial charge >= 0.3 is 0 Å². The van der Waals surface area contributed by atoms with Crippen LogP contribution in [0, 0.1) is 0 Å². The minimum atomic E-state index is 0.608. The van der Waals surface area contributed by atoms with Gasteiger partial charge in [-0.25, -0.2) is 0 Å². The summed E-state index contributed by atoms with van der Waals surface area (Å²) in [7, 11) is 1.73. The molecule has 0 spiro atoms. The van der Waals surface area contributed by atoms with Crippen molar-refractivity contribution in [1.82, 2.24) is 0 Å². The van der Waals surface area contributed by atoms with E-state index in [1.165, 1.54) is 27.8 Å². The van der Waals surface area contributed by atoms with Crippen LogP contribution in [0.25, 0.3) is 24.3 Å². The Morgan fingerprint density at radius 3 is 1.80 bits per heavy atom. The van der Waals surface area contributed by atoms with Crippen LogP contribution in [-0.4, -0.2) is 7.11 Å². The fourth-order valence-electron chi connectivity index (χ4n) is 2.67. The van der Waals surface area contributed by atoms with Crippen molar-refractivity contribution in [3.05, 3.63) is 107 Å². The minimum absolute atomic E-state index is 0.608. The first-order chi connectivity index (χ1) is 12.3. The lowest BCUT2D eigenvalue weighted by Crippen LogP contribution is -1.92. The predicted molar refractivity (Wildman–Crippen MR) is 108 cm³/mol. The van der Waals surface area contributed by atoms with Gasteiger partial charge in [-0.15, -0.1) is 0 Å². The normalized spacial score (nSPS) is 11.4. The van der Waals surface area contributed by atoms with Gasteiger partial charge in [-0.2, -0.15) is 0 Å². The average Bonchev–Trinajstić information content (AvgIpc) is 2.68. The standard InChI is InChI=1S/C24H22O/c1-25-19-24-17-15-22(13-12-20-8-4-2-5-9-20)18-23(24)16-14-21-10-6-3-7-11-21/h2-18H,19H2,1H3. The van der Waals surface area contributed by atoms with Gasteiger partial charge in [-0.3, -0.25) is 0 Å². The molecule has 3 aromatic carbocycles. The third kappa shape index (κ3) is 5.03. The van der Waals surface area contributed by atoms with Crippen LogP contribution >= 0.6 is 0 Å². The van der Waals surface area contributed by atoms with Crippen molar-refractivity contribution >= 4 is 24.3 Å². The summed E-state index contributed by atoms with van der Waals surface area (Å²) in [6.45, 7) is 0.608. The molecule has 0 saturated carbocycles. The van der Waals surface area contributed by atoms with Crippen LogP contribution < -0.4 is 0 Å². The fraction of sp³-hybridized carbons (Fsp3) is 0.0833. The highest BCUT2D eigenvalue weighted by atomic mass is 16.5. The number of methoxy groups -OCH3 is 1. The van der Waals surface area contributed by atoms with E-state index in [0.717, 1.165) is 0 Å². The molecule has 0 atom stereocenters. The maximum Gasteiger partial charge on any atom is 0.0718 e. The van der Waals surface area contributed by atoms with Crippen molar-refractivity contribution in [2.45, 2.75) is 6.61 Å². The number of hydrogen-bond acceptors (Lipinski definition) is 1. The second kappa shape index (κ2) is 8.81. The van der Waals surface area contributed by atoms with Gasteiger partial charge in [0.1, 0.15) is 0 Å². The van der Waals surface area contributed by atoms with Crippen molar-refractivity contribution in [2.24, 2.45) is 0 Å². The van der Waals surface area contributed by atoms with E-state index in [1.807, 2.05) is 12.1 Å². The zero-order chi connectivity index (χ0) is 17.3. The zero-order valence-corrected chi connectivity index (χ0v) is 14.4. The quantitative estimate of drug-likeness (QED) is 0.492. The van der Waals surface area contributed by atoms with Crippen LogP contribution in [0.4, 0.5) is 0 Å². The van der Waals surface area contributed by atoms with Crippen LogP contribution in [0.3, 0.4) is 0 Å². The van der Waals surface area contributed by atoms with Crippen LogP contribution in [0.2, 0.25) is 0 Å². The summed E-state index contributed by atoms with van der Waals surface area (Å²) in [4.78, 5) is 0. The number of benzene rings is 3. The van der Waals surface area contributed by atoms with Gasteiger partial charge in [-0.1, -0.05) is 97.1 Å². The molecule has 0 unspecified atom stereocenters. The molecule has 0 heterocycles. The Morgan fingerprint density at radius 2 is 1.20 bits per heavy atom. The maximum atomic E-state index is 5.34. The fourth-order valence-corrected chi connectivity index (χ4v) is 2.67. The lowest BCUT2D eigenvalue weighted by Gasteiger charge is -2.07. The summed E-state index contributed by atoms with van der Waals surface area (Å²) >= 11 is 0. The summed E-state index contributed by atoms with van der Waals surface area (Å²) in [6, 6.07) is 27.1. The smallest absolute Gasteiger partial charge is 0.0718 e. The van der Waals surface area contributed by atoms with E-state index >= 15 is 0 Å². The molecule has 0 radical (unpaired) electrons. The summed E-state index contributed by atoms with van der Waals surface area (Å²) in [5.74, 6) is 0. The largest absolute Gasteiger partial charge is 0.380 e. The highest BCUT2D eigenvalue weighted by Crippen LogP contribution is 2.18. The monoisotopic (exact) mass is 326 g/mol. The van der Waals surface area contributed by atoms with Crippen LogP contribution in [0.1, 0.15) is 27.8 Å². The second-order valence-corrected chi connectivity index (χ2v) is 5.88. The van der Waals surface area contributed by atoms with Crippen molar-refractivity contribution in [1.29, 1.82) is 0 Å². The molecule has 0 fully saturated rings. The van der Waals surface area contributed by atoms with Gasteiger partial charge in [0.05, 0.1) is 6.61 Å². The van der Waals surface area contributed by atoms with Crippen LogP contribution in [-0.2, 0) is 11.3 Å². The molecule has 0 N–H and O–H groups in total. The van der Waals surface area contributed by atoms with E-state index < -0.39 is 0 Å². The number of rotatable bonds is 6. The van der Waals surface area contributed by atoms with E-state index in [1.54, 1.807) is 7.11 Å². The van der Waals surface area contributed by atoms with Gasteiger partial charge in [-0.05, 0) is 33.9 Å². The Balaban J connectivity index is 1.86. The molecule has 0 aliphatic rings. The van der Waals surface area contributed by atoms with Gasteiger partial charge in [0, 0.05) is 7.11 Å². The third-order valence-electron chi connectivity index (χ3n) is 3.99. The molecule has 1 heteroatoms. The molecule has 0 aromatic heterocycles. The molecule has 0 bridgehead atoms. The van der Waals surface area contributed by atoms with Crippen molar-refractivity contribution in [3.8, 4) is 0 Å². The summed E-state index contributed by atoms with van der Waals surface area (Å²) in [6.07, 6.45) is 8.57. The molecule has 1 nitrogen and oxygen atoms in total. The summed E-state index contributed by atoms with van der Waals surface area (Å²) in [5, 5.41) is 0. The molecule has 0 amide bonds. The van der Waals surface area contributed by atoms with Gasteiger partial charge < -0.3 is 4.74 Å². The number of ether oxygens (including phenoxy) is 1. The molecule has 25 heavy (non-hydrogen) atoms. The molecule has 124 valence electrons. The molecule has 0 aliphatic heterocycles. The van der Waals surface area contributed by atoms with Crippen LogP contribution in [0.15, 0.2) is 78.9 Å². The first-order valence-electron chi connectivity index (χ1n) is 8.43. The molecule has 3 aromatic rings. The third-order valence-corrected chi connectivity index (χ3v) is 3.99. The maximum absolute atomic E-state index is 5.34. The highest BCUT2D eigenvalue weighted by molar-refractivity contribution is 5.75. The topological polar surface area (TPSA) is 9.23 Å². The first kappa shape index (κ1) is 16.9.